The minimum Gasteiger partial charge on any atom is -0.452 e. The summed E-state index contributed by atoms with van der Waals surface area (Å²) in [5, 5.41) is 2.74. The largest absolute Gasteiger partial charge is 0.452 e. The van der Waals surface area contributed by atoms with E-state index in [0.717, 1.165) is 30.4 Å². The highest BCUT2D eigenvalue weighted by atomic mass is 16.5. The van der Waals surface area contributed by atoms with E-state index in [-0.39, 0.29) is 29.2 Å². The molecule has 172 valence electrons. The third kappa shape index (κ3) is 4.53. The first-order valence-corrected chi connectivity index (χ1v) is 11.3. The fourth-order valence-electron chi connectivity index (χ4n) is 4.68. The van der Waals surface area contributed by atoms with Crippen molar-refractivity contribution in [3.63, 3.8) is 0 Å². The van der Waals surface area contributed by atoms with Gasteiger partial charge in [0.15, 0.2) is 6.61 Å². The lowest BCUT2D eigenvalue weighted by atomic mass is 9.76. The molecule has 2 aromatic rings. The van der Waals surface area contributed by atoms with Crippen LogP contribution in [0.1, 0.15) is 47.7 Å². The number of hydrogen-bond donors (Lipinski definition) is 1. The average molecular weight is 449 g/mol. The Morgan fingerprint density at radius 2 is 1.70 bits per heavy atom. The molecule has 1 N–H and O–H groups in total. The van der Waals surface area contributed by atoms with Gasteiger partial charge in [-0.05, 0) is 80.5 Å². The quantitative estimate of drug-likeness (QED) is 0.551. The number of carbonyl (C=O) groups excluding carboxylic acids is 4. The molecule has 0 unspecified atom stereocenters. The number of aryl methyl sites for hydroxylation is 1. The summed E-state index contributed by atoms with van der Waals surface area (Å²) < 4.78 is 5.13. The number of nitrogens with one attached hydrogen (secondary N) is 1. The molecule has 2 aromatic carbocycles. The number of imide groups is 1. The minimum absolute atomic E-state index is 0.157. The fraction of sp³-hybridized carbons (Fsp3) is 0.385. The predicted octanol–water partition coefficient (Wildman–Crippen LogP) is 4.02. The maximum atomic E-state index is 12.9. The first kappa shape index (κ1) is 22.7. The molecule has 0 aromatic heterocycles. The number of anilines is 2. The molecule has 2 fully saturated rings. The van der Waals surface area contributed by atoms with Crippen molar-refractivity contribution in [2.24, 2.45) is 17.8 Å². The van der Waals surface area contributed by atoms with Gasteiger partial charge in [0.2, 0.25) is 11.8 Å². The van der Waals surface area contributed by atoms with E-state index in [1.54, 1.807) is 18.2 Å². The highest BCUT2D eigenvalue weighted by Crippen LogP contribution is 2.42. The molecule has 2 aliphatic rings. The molecule has 0 bridgehead atoms. The second-order valence-electron chi connectivity index (χ2n) is 9.06. The molecular formula is C26H28N2O5. The summed E-state index contributed by atoms with van der Waals surface area (Å²) in [5.74, 6) is -1.45. The highest BCUT2D eigenvalue weighted by Gasteiger charge is 2.49. The van der Waals surface area contributed by atoms with Crippen LogP contribution in [0.15, 0.2) is 42.5 Å². The summed E-state index contributed by atoms with van der Waals surface area (Å²) in [6.45, 7) is 5.55. The summed E-state index contributed by atoms with van der Waals surface area (Å²) in [6.07, 6.45) is 2.43. The van der Waals surface area contributed by atoms with Crippen LogP contribution in [0, 0.1) is 31.6 Å². The van der Waals surface area contributed by atoms with Crippen LogP contribution in [0.3, 0.4) is 0 Å². The highest BCUT2D eigenvalue weighted by molar-refractivity contribution is 6.22. The van der Waals surface area contributed by atoms with Gasteiger partial charge in [0.1, 0.15) is 0 Å². The van der Waals surface area contributed by atoms with Crippen molar-refractivity contribution in [1.82, 2.24) is 0 Å². The van der Waals surface area contributed by atoms with E-state index in [1.807, 2.05) is 26.0 Å². The van der Waals surface area contributed by atoms with Crippen LogP contribution in [0.2, 0.25) is 0 Å². The minimum atomic E-state index is -0.653. The average Bonchev–Trinajstić information content (AvgIpc) is 3.04. The molecule has 3 atom stereocenters. The van der Waals surface area contributed by atoms with Crippen LogP contribution in [-0.2, 0) is 19.1 Å². The van der Waals surface area contributed by atoms with Crippen LogP contribution < -0.4 is 10.2 Å². The lowest BCUT2D eigenvalue weighted by Gasteiger charge is -2.25. The Morgan fingerprint density at radius 1 is 1.00 bits per heavy atom. The lowest BCUT2D eigenvalue weighted by molar-refractivity contribution is -0.122. The maximum absolute atomic E-state index is 12.9. The zero-order valence-electron chi connectivity index (χ0n) is 19.1. The number of ether oxygens (including phenoxy) is 1. The lowest BCUT2D eigenvalue weighted by Crippen LogP contribution is -2.30. The van der Waals surface area contributed by atoms with Gasteiger partial charge in [0, 0.05) is 5.69 Å². The van der Waals surface area contributed by atoms with Gasteiger partial charge in [-0.15, -0.1) is 0 Å². The molecule has 0 spiro atoms. The first-order chi connectivity index (χ1) is 15.8. The number of fused-ring (bicyclic) bond motifs is 1. The zero-order valence-corrected chi connectivity index (χ0v) is 19.1. The number of hydrogen-bond acceptors (Lipinski definition) is 5. The van der Waals surface area contributed by atoms with Gasteiger partial charge in [-0.3, -0.25) is 19.3 Å². The zero-order chi connectivity index (χ0) is 23.7. The topological polar surface area (TPSA) is 92.8 Å². The normalized spacial score (nSPS) is 22.2. The molecule has 1 aliphatic carbocycles. The Morgan fingerprint density at radius 3 is 2.42 bits per heavy atom. The summed E-state index contributed by atoms with van der Waals surface area (Å²) in [6, 6.07) is 11.7. The van der Waals surface area contributed by atoms with E-state index in [9.17, 15) is 19.2 Å². The summed E-state index contributed by atoms with van der Waals surface area (Å²) in [7, 11) is 0. The number of benzene rings is 2. The molecule has 1 saturated heterocycles. The van der Waals surface area contributed by atoms with E-state index in [1.165, 1.54) is 17.0 Å². The molecule has 33 heavy (non-hydrogen) atoms. The molecule has 1 heterocycles. The third-order valence-corrected chi connectivity index (χ3v) is 6.76. The van der Waals surface area contributed by atoms with Crippen molar-refractivity contribution in [3.8, 4) is 0 Å². The van der Waals surface area contributed by atoms with Crippen molar-refractivity contribution in [2.45, 2.75) is 40.0 Å². The number of amides is 3. The smallest absolute Gasteiger partial charge is 0.338 e. The van der Waals surface area contributed by atoms with Crippen molar-refractivity contribution in [1.29, 1.82) is 0 Å². The van der Waals surface area contributed by atoms with Crippen LogP contribution in [-0.4, -0.2) is 30.3 Å². The van der Waals surface area contributed by atoms with Crippen molar-refractivity contribution in [3.05, 3.63) is 59.2 Å². The van der Waals surface area contributed by atoms with Gasteiger partial charge in [0.25, 0.3) is 5.91 Å². The monoisotopic (exact) mass is 448 g/mol. The number of rotatable bonds is 5. The SMILES string of the molecule is Cc1cccc(NC(=O)COC(=O)c2ccc(N3C(=O)[C@H]4C[C@@H](C)CC[C@H]4C3=O)cc2)c1C. The molecule has 7 heteroatoms. The first-order valence-electron chi connectivity index (χ1n) is 11.3. The van der Waals surface area contributed by atoms with Crippen LogP contribution in [0.4, 0.5) is 11.4 Å². The maximum Gasteiger partial charge on any atom is 0.338 e. The van der Waals surface area contributed by atoms with Gasteiger partial charge < -0.3 is 10.1 Å². The van der Waals surface area contributed by atoms with Gasteiger partial charge >= 0.3 is 5.97 Å². The van der Waals surface area contributed by atoms with Crippen molar-refractivity contribution >= 4 is 35.1 Å². The molecule has 4 rings (SSSR count). The van der Waals surface area contributed by atoms with Crippen LogP contribution in [0.5, 0.6) is 0 Å². The van der Waals surface area contributed by atoms with Gasteiger partial charge in [-0.2, -0.15) is 0 Å². The van der Waals surface area contributed by atoms with Gasteiger partial charge in [-0.25, -0.2) is 4.79 Å². The Labute approximate surface area is 193 Å². The van der Waals surface area contributed by atoms with E-state index in [0.29, 0.717) is 17.3 Å². The van der Waals surface area contributed by atoms with Crippen molar-refractivity contribution in [2.75, 3.05) is 16.8 Å². The second-order valence-corrected chi connectivity index (χ2v) is 9.06. The van der Waals surface area contributed by atoms with Crippen molar-refractivity contribution < 1.29 is 23.9 Å². The summed E-state index contributed by atoms with van der Waals surface area (Å²) in [4.78, 5) is 51.5. The van der Waals surface area contributed by atoms with E-state index >= 15 is 0 Å². The molecule has 1 aliphatic heterocycles. The molecule has 0 radical (unpaired) electrons. The Bertz CT molecular complexity index is 1110. The Kier molecular flexibility index (Phi) is 6.31. The van der Waals surface area contributed by atoms with E-state index < -0.39 is 18.5 Å². The van der Waals surface area contributed by atoms with E-state index in [4.69, 9.17) is 4.74 Å². The Balaban J connectivity index is 1.36. The molecule has 3 amide bonds. The Hall–Kier alpha value is -3.48. The molecule has 7 nitrogen and oxygen atoms in total. The molecular weight excluding hydrogens is 420 g/mol. The third-order valence-electron chi connectivity index (χ3n) is 6.76. The number of esters is 1. The van der Waals surface area contributed by atoms with Crippen LogP contribution in [0.25, 0.3) is 0 Å². The van der Waals surface area contributed by atoms with E-state index in [2.05, 4.69) is 12.2 Å². The fourth-order valence-corrected chi connectivity index (χ4v) is 4.68. The number of carbonyl (C=O) groups is 4. The summed E-state index contributed by atoms with van der Waals surface area (Å²) in [5.41, 5.74) is 3.37. The summed E-state index contributed by atoms with van der Waals surface area (Å²) >= 11 is 0. The predicted molar refractivity (Wildman–Crippen MR) is 124 cm³/mol. The van der Waals surface area contributed by atoms with Gasteiger partial charge in [0.05, 0.1) is 23.1 Å². The van der Waals surface area contributed by atoms with Gasteiger partial charge in [-0.1, -0.05) is 19.1 Å². The second kappa shape index (κ2) is 9.17. The number of nitrogens with zero attached hydrogens (tertiary/aromatic N) is 1. The standard InChI is InChI=1S/C26H28N2O5/c1-15-7-12-20-21(13-15)25(31)28(24(20)30)19-10-8-18(9-11-19)26(32)33-14-23(29)27-22-6-4-5-16(2)17(22)3/h4-6,8-11,15,20-21H,7,12-14H2,1-3H3,(H,27,29)/t15-,20+,21-/m0/s1. The van der Waals surface area contributed by atoms with Crippen LogP contribution >= 0.6 is 0 Å². The molecule has 1 saturated carbocycles.